The summed E-state index contributed by atoms with van der Waals surface area (Å²) < 4.78 is 5.10. The molecule has 1 aliphatic heterocycles. The summed E-state index contributed by atoms with van der Waals surface area (Å²) in [6.07, 6.45) is 2.75. The van der Waals surface area contributed by atoms with Crippen LogP contribution in [0.3, 0.4) is 0 Å². The van der Waals surface area contributed by atoms with Crippen LogP contribution in [0.4, 0.5) is 0 Å². The van der Waals surface area contributed by atoms with Gasteiger partial charge in [-0.1, -0.05) is 24.3 Å². The Labute approximate surface area is 110 Å². The predicted octanol–water partition coefficient (Wildman–Crippen LogP) is 2.02. The van der Waals surface area contributed by atoms with E-state index in [-0.39, 0.29) is 0 Å². The summed E-state index contributed by atoms with van der Waals surface area (Å²) in [5, 5.41) is 3.51. The van der Waals surface area contributed by atoms with Crippen LogP contribution in [0.5, 0.6) is 0 Å². The normalized spacial score (nSPS) is 16.3. The standard InChI is InChI=1S/C15H24N2O/c1-18-13-15-6-4-14(5-7-15)12-16-8-11-17-9-2-3-10-17/h4-7,16H,2-3,8-13H2,1H3. The summed E-state index contributed by atoms with van der Waals surface area (Å²) in [7, 11) is 1.73. The fourth-order valence-corrected chi connectivity index (χ4v) is 2.40. The third-order valence-corrected chi connectivity index (χ3v) is 3.47. The first kappa shape index (κ1) is 13.5. The highest BCUT2D eigenvalue weighted by molar-refractivity contribution is 5.21. The molecule has 18 heavy (non-hydrogen) atoms. The minimum absolute atomic E-state index is 0.697. The maximum absolute atomic E-state index is 5.10. The van der Waals surface area contributed by atoms with Crippen LogP contribution >= 0.6 is 0 Å². The van der Waals surface area contributed by atoms with Crippen LogP contribution < -0.4 is 5.32 Å². The lowest BCUT2D eigenvalue weighted by Gasteiger charge is -2.14. The van der Waals surface area contributed by atoms with Crippen LogP contribution in [-0.4, -0.2) is 38.2 Å². The summed E-state index contributed by atoms with van der Waals surface area (Å²) >= 11 is 0. The van der Waals surface area contributed by atoms with E-state index in [9.17, 15) is 0 Å². The van der Waals surface area contributed by atoms with Gasteiger partial charge in [0.15, 0.2) is 0 Å². The first-order chi connectivity index (χ1) is 8.88. The molecule has 100 valence electrons. The monoisotopic (exact) mass is 248 g/mol. The highest BCUT2D eigenvalue weighted by Crippen LogP contribution is 2.06. The molecule has 1 saturated heterocycles. The Kier molecular flexibility index (Phi) is 5.65. The zero-order valence-corrected chi connectivity index (χ0v) is 11.3. The fraction of sp³-hybridized carbons (Fsp3) is 0.600. The van der Waals surface area contributed by atoms with E-state index in [1.807, 2.05) is 0 Å². The lowest BCUT2D eigenvalue weighted by Crippen LogP contribution is -2.29. The van der Waals surface area contributed by atoms with Gasteiger partial charge in [0.1, 0.15) is 0 Å². The third-order valence-electron chi connectivity index (χ3n) is 3.47. The molecule has 0 radical (unpaired) electrons. The van der Waals surface area contributed by atoms with Gasteiger partial charge in [-0.25, -0.2) is 0 Å². The molecule has 1 N–H and O–H groups in total. The van der Waals surface area contributed by atoms with E-state index in [0.717, 1.165) is 13.1 Å². The Morgan fingerprint density at radius 2 is 1.78 bits per heavy atom. The molecule has 1 aromatic carbocycles. The van der Waals surface area contributed by atoms with E-state index in [2.05, 4.69) is 34.5 Å². The van der Waals surface area contributed by atoms with Gasteiger partial charge in [0.2, 0.25) is 0 Å². The molecule has 0 aromatic heterocycles. The first-order valence-corrected chi connectivity index (χ1v) is 6.88. The van der Waals surface area contributed by atoms with E-state index >= 15 is 0 Å². The summed E-state index contributed by atoms with van der Waals surface area (Å²) in [5.74, 6) is 0. The molecule has 1 fully saturated rings. The average Bonchev–Trinajstić information content (AvgIpc) is 2.90. The van der Waals surface area contributed by atoms with E-state index in [1.54, 1.807) is 7.11 Å². The van der Waals surface area contributed by atoms with Crippen LogP contribution in [0.2, 0.25) is 0 Å². The van der Waals surface area contributed by atoms with Crippen molar-refractivity contribution in [3.63, 3.8) is 0 Å². The van der Waals surface area contributed by atoms with E-state index in [1.165, 1.54) is 43.6 Å². The molecule has 0 unspecified atom stereocenters. The maximum Gasteiger partial charge on any atom is 0.0713 e. The Morgan fingerprint density at radius 1 is 1.11 bits per heavy atom. The number of methoxy groups -OCH3 is 1. The Balaban J connectivity index is 1.63. The minimum atomic E-state index is 0.697. The Morgan fingerprint density at radius 3 is 2.44 bits per heavy atom. The minimum Gasteiger partial charge on any atom is -0.380 e. The van der Waals surface area contributed by atoms with Crippen molar-refractivity contribution in [3.05, 3.63) is 35.4 Å². The number of hydrogen-bond donors (Lipinski definition) is 1. The second kappa shape index (κ2) is 7.52. The summed E-state index contributed by atoms with van der Waals surface area (Å²) in [4.78, 5) is 2.54. The number of benzene rings is 1. The Hall–Kier alpha value is -0.900. The van der Waals surface area contributed by atoms with Gasteiger partial charge in [-0.15, -0.1) is 0 Å². The van der Waals surface area contributed by atoms with Crippen LogP contribution in [0.25, 0.3) is 0 Å². The lowest BCUT2D eigenvalue weighted by atomic mass is 10.1. The average molecular weight is 248 g/mol. The Bertz CT molecular complexity index is 331. The van der Waals surface area contributed by atoms with E-state index in [4.69, 9.17) is 4.74 Å². The number of nitrogens with zero attached hydrogens (tertiary/aromatic N) is 1. The summed E-state index contributed by atoms with van der Waals surface area (Å²) in [5.41, 5.74) is 2.58. The van der Waals surface area contributed by atoms with Crippen molar-refractivity contribution >= 4 is 0 Å². The lowest BCUT2D eigenvalue weighted by molar-refractivity contribution is 0.185. The van der Waals surface area contributed by atoms with Gasteiger partial charge in [0, 0.05) is 26.7 Å². The van der Waals surface area contributed by atoms with Gasteiger partial charge in [0.05, 0.1) is 6.61 Å². The second-order valence-electron chi connectivity index (χ2n) is 4.98. The molecule has 0 aliphatic carbocycles. The first-order valence-electron chi connectivity index (χ1n) is 6.88. The van der Waals surface area contributed by atoms with Gasteiger partial charge in [-0.3, -0.25) is 0 Å². The third kappa shape index (κ3) is 4.41. The van der Waals surface area contributed by atoms with Gasteiger partial charge < -0.3 is 15.0 Å². The van der Waals surface area contributed by atoms with Gasteiger partial charge in [-0.05, 0) is 37.1 Å². The number of rotatable bonds is 7. The zero-order chi connectivity index (χ0) is 12.6. The smallest absolute Gasteiger partial charge is 0.0713 e. The largest absolute Gasteiger partial charge is 0.380 e. The van der Waals surface area contributed by atoms with E-state index in [0.29, 0.717) is 6.61 Å². The van der Waals surface area contributed by atoms with Gasteiger partial charge in [-0.2, -0.15) is 0 Å². The van der Waals surface area contributed by atoms with Crippen LogP contribution in [0, 0.1) is 0 Å². The second-order valence-corrected chi connectivity index (χ2v) is 4.98. The molecule has 3 nitrogen and oxygen atoms in total. The van der Waals surface area contributed by atoms with Crippen molar-refractivity contribution in [2.45, 2.75) is 26.0 Å². The molecule has 0 bridgehead atoms. The van der Waals surface area contributed by atoms with Crippen molar-refractivity contribution in [2.75, 3.05) is 33.3 Å². The zero-order valence-electron chi connectivity index (χ0n) is 11.3. The molecule has 0 spiro atoms. The molecule has 1 heterocycles. The molecule has 1 aromatic rings. The SMILES string of the molecule is COCc1ccc(CNCCN2CCCC2)cc1. The maximum atomic E-state index is 5.10. The molecule has 0 amide bonds. The van der Waals surface area contributed by atoms with Gasteiger partial charge >= 0.3 is 0 Å². The highest BCUT2D eigenvalue weighted by atomic mass is 16.5. The predicted molar refractivity (Wildman–Crippen MR) is 74.5 cm³/mol. The highest BCUT2D eigenvalue weighted by Gasteiger charge is 2.09. The number of hydrogen-bond acceptors (Lipinski definition) is 3. The van der Waals surface area contributed by atoms with Crippen LogP contribution in [0.1, 0.15) is 24.0 Å². The van der Waals surface area contributed by atoms with Crippen LogP contribution in [0.15, 0.2) is 24.3 Å². The molecule has 2 rings (SSSR count). The number of likely N-dealkylation sites (tertiary alicyclic amines) is 1. The quantitative estimate of drug-likeness (QED) is 0.747. The van der Waals surface area contributed by atoms with Gasteiger partial charge in [0.25, 0.3) is 0 Å². The molecule has 0 atom stereocenters. The van der Waals surface area contributed by atoms with Crippen molar-refractivity contribution in [1.82, 2.24) is 10.2 Å². The molecule has 0 saturated carbocycles. The van der Waals surface area contributed by atoms with Crippen molar-refractivity contribution in [2.24, 2.45) is 0 Å². The topological polar surface area (TPSA) is 24.5 Å². The summed E-state index contributed by atoms with van der Waals surface area (Å²) in [6.45, 7) is 6.49. The van der Waals surface area contributed by atoms with Crippen molar-refractivity contribution in [3.8, 4) is 0 Å². The number of ether oxygens (including phenoxy) is 1. The summed E-state index contributed by atoms with van der Waals surface area (Å²) in [6, 6.07) is 8.64. The molecule has 1 aliphatic rings. The van der Waals surface area contributed by atoms with Crippen LogP contribution in [-0.2, 0) is 17.9 Å². The number of nitrogens with one attached hydrogen (secondary N) is 1. The molecular formula is C15H24N2O. The molecule has 3 heteroatoms. The van der Waals surface area contributed by atoms with Crippen molar-refractivity contribution < 1.29 is 4.74 Å². The van der Waals surface area contributed by atoms with E-state index < -0.39 is 0 Å². The fourth-order valence-electron chi connectivity index (χ4n) is 2.40. The molecular weight excluding hydrogens is 224 g/mol. The van der Waals surface area contributed by atoms with Crippen molar-refractivity contribution in [1.29, 1.82) is 0 Å².